The van der Waals surface area contributed by atoms with Crippen LogP contribution in [-0.4, -0.2) is 25.0 Å². The quantitative estimate of drug-likeness (QED) is 0.573. The van der Waals surface area contributed by atoms with Gasteiger partial charge in [0.05, 0.1) is 5.84 Å². The summed E-state index contributed by atoms with van der Waals surface area (Å²) < 4.78 is 0. The maximum Gasteiger partial charge on any atom is 0.0978 e. The molecule has 1 rings (SSSR count). The van der Waals surface area contributed by atoms with Crippen LogP contribution < -0.4 is 11.1 Å². The highest BCUT2D eigenvalue weighted by Gasteiger charge is 2.04. The monoisotopic (exact) mass is 141 g/mol. The Morgan fingerprint density at radius 3 is 3.10 bits per heavy atom. The van der Waals surface area contributed by atoms with Crippen LogP contribution in [-0.2, 0) is 0 Å². The Labute approximate surface area is 61.7 Å². The third-order valence-corrected chi connectivity index (χ3v) is 1.48. The maximum atomic E-state index is 5.60. The molecule has 0 aromatic carbocycles. The lowest BCUT2D eigenvalue weighted by atomic mass is 10.2. The topological polar surface area (TPSA) is 50.4 Å². The Kier molecular flexibility index (Phi) is 2.68. The van der Waals surface area contributed by atoms with Crippen molar-refractivity contribution in [3.05, 3.63) is 0 Å². The van der Waals surface area contributed by atoms with Crippen LogP contribution in [0.1, 0.15) is 19.8 Å². The first-order valence-electron chi connectivity index (χ1n) is 3.82. The zero-order valence-electron chi connectivity index (χ0n) is 6.43. The fourth-order valence-corrected chi connectivity index (χ4v) is 1.02. The zero-order valence-corrected chi connectivity index (χ0v) is 6.43. The van der Waals surface area contributed by atoms with Crippen molar-refractivity contribution in [3.8, 4) is 0 Å². The normalized spacial score (nSPS) is 21.2. The molecular weight excluding hydrogens is 126 g/mol. The first-order valence-corrected chi connectivity index (χ1v) is 3.82. The number of aliphatic imine (C=N–C) groups is 1. The summed E-state index contributed by atoms with van der Waals surface area (Å²) >= 11 is 0. The van der Waals surface area contributed by atoms with E-state index in [2.05, 4.69) is 10.3 Å². The van der Waals surface area contributed by atoms with Crippen molar-refractivity contribution in [1.29, 1.82) is 0 Å². The second-order valence-electron chi connectivity index (χ2n) is 2.79. The lowest BCUT2D eigenvalue weighted by Crippen LogP contribution is -2.33. The Morgan fingerprint density at radius 1 is 1.80 bits per heavy atom. The van der Waals surface area contributed by atoms with Gasteiger partial charge in [-0.2, -0.15) is 0 Å². The van der Waals surface area contributed by atoms with E-state index in [0.29, 0.717) is 0 Å². The average Bonchev–Trinajstić information content (AvgIpc) is 1.88. The number of hydrogen-bond donors (Lipinski definition) is 2. The molecule has 0 unspecified atom stereocenters. The van der Waals surface area contributed by atoms with Crippen molar-refractivity contribution in [2.45, 2.75) is 25.8 Å². The van der Waals surface area contributed by atoms with Crippen LogP contribution in [0.5, 0.6) is 0 Å². The van der Waals surface area contributed by atoms with Gasteiger partial charge in [-0.05, 0) is 13.3 Å². The lowest BCUT2D eigenvalue weighted by molar-refractivity contribution is 0.691. The number of rotatable bonds is 2. The van der Waals surface area contributed by atoms with Gasteiger partial charge in [-0.3, -0.25) is 4.99 Å². The summed E-state index contributed by atoms with van der Waals surface area (Å²) in [6.45, 7) is 4.03. The Bertz CT molecular complexity index is 129. The minimum absolute atomic E-state index is 0.226. The first-order chi connectivity index (χ1) is 4.79. The summed E-state index contributed by atoms with van der Waals surface area (Å²) in [6, 6.07) is 0.226. The van der Waals surface area contributed by atoms with Gasteiger partial charge in [0.25, 0.3) is 0 Å². The predicted octanol–water partition coefficient (Wildman–Crippen LogP) is 0.115. The van der Waals surface area contributed by atoms with Crippen molar-refractivity contribution < 1.29 is 0 Å². The Balaban J connectivity index is 2.31. The number of nitrogens with one attached hydrogen (secondary N) is 1. The van der Waals surface area contributed by atoms with Gasteiger partial charge in [-0.1, -0.05) is 0 Å². The van der Waals surface area contributed by atoms with E-state index in [1.807, 2.05) is 6.92 Å². The third-order valence-electron chi connectivity index (χ3n) is 1.48. The van der Waals surface area contributed by atoms with Gasteiger partial charge < -0.3 is 11.1 Å². The van der Waals surface area contributed by atoms with Crippen molar-refractivity contribution in [2.24, 2.45) is 10.7 Å². The molecule has 10 heavy (non-hydrogen) atoms. The first kappa shape index (κ1) is 7.54. The molecule has 0 amide bonds. The van der Waals surface area contributed by atoms with Crippen molar-refractivity contribution >= 4 is 5.84 Å². The Hall–Kier alpha value is -0.570. The molecular formula is C7H15N3. The lowest BCUT2D eigenvalue weighted by Gasteiger charge is -2.15. The van der Waals surface area contributed by atoms with E-state index in [1.165, 1.54) is 0 Å². The SMILES string of the molecule is C[C@H](N)CC1=NCCCN1. The molecule has 0 radical (unpaired) electrons. The van der Waals surface area contributed by atoms with E-state index >= 15 is 0 Å². The molecule has 3 heteroatoms. The number of amidine groups is 1. The second kappa shape index (κ2) is 3.56. The molecule has 0 aliphatic carbocycles. The molecule has 3 N–H and O–H groups in total. The summed E-state index contributed by atoms with van der Waals surface area (Å²) in [5.41, 5.74) is 5.60. The maximum absolute atomic E-state index is 5.60. The summed E-state index contributed by atoms with van der Waals surface area (Å²) in [7, 11) is 0. The van der Waals surface area contributed by atoms with Gasteiger partial charge in [0.15, 0.2) is 0 Å². The van der Waals surface area contributed by atoms with E-state index < -0.39 is 0 Å². The molecule has 1 aliphatic rings. The summed E-state index contributed by atoms with van der Waals surface area (Å²) in [5, 5.41) is 3.22. The smallest absolute Gasteiger partial charge is 0.0978 e. The van der Waals surface area contributed by atoms with E-state index in [1.54, 1.807) is 0 Å². The Morgan fingerprint density at radius 2 is 2.60 bits per heavy atom. The molecule has 0 saturated carbocycles. The minimum atomic E-state index is 0.226. The molecule has 0 spiro atoms. The van der Waals surface area contributed by atoms with E-state index in [4.69, 9.17) is 5.73 Å². The van der Waals surface area contributed by atoms with Crippen molar-refractivity contribution in [1.82, 2.24) is 5.32 Å². The highest BCUT2D eigenvalue weighted by Crippen LogP contribution is 1.95. The van der Waals surface area contributed by atoms with Crippen LogP contribution in [0.4, 0.5) is 0 Å². The molecule has 1 atom stereocenters. The number of nitrogens with zero attached hydrogens (tertiary/aromatic N) is 1. The van der Waals surface area contributed by atoms with Gasteiger partial charge in [0.1, 0.15) is 0 Å². The molecule has 1 heterocycles. The van der Waals surface area contributed by atoms with Crippen LogP contribution in [0.25, 0.3) is 0 Å². The molecule has 0 aromatic rings. The summed E-state index contributed by atoms with van der Waals surface area (Å²) in [4.78, 5) is 4.30. The number of nitrogens with two attached hydrogens (primary N) is 1. The summed E-state index contributed by atoms with van der Waals surface area (Å²) in [6.07, 6.45) is 2.04. The average molecular weight is 141 g/mol. The van der Waals surface area contributed by atoms with E-state index in [9.17, 15) is 0 Å². The van der Waals surface area contributed by atoms with Gasteiger partial charge in [-0.25, -0.2) is 0 Å². The number of hydrogen-bond acceptors (Lipinski definition) is 3. The van der Waals surface area contributed by atoms with Crippen LogP contribution in [0.15, 0.2) is 4.99 Å². The molecule has 0 bridgehead atoms. The van der Waals surface area contributed by atoms with Gasteiger partial charge in [0, 0.05) is 25.6 Å². The van der Waals surface area contributed by atoms with Crippen LogP contribution in [0.2, 0.25) is 0 Å². The third kappa shape index (κ3) is 2.35. The predicted molar refractivity (Wildman–Crippen MR) is 43.2 cm³/mol. The van der Waals surface area contributed by atoms with Crippen LogP contribution >= 0.6 is 0 Å². The highest BCUT2D eigenvalue weighted by atomic mass is 15.0. The minimum Gasteiger partial charge on any atom is -0.374 e. The van der Waals surface area contributed by atoms with Gasteiger partial charge >= 0.3 is 0 Å². The standard InChI is InChI=1S/C7H15N3/c1-6(8)5-7-9-3-2-4-10-7/h6H,2-5,8H2,1H3,(H,9,10)/t6-/m0/s1. The fourth-order valence-electron chi connectivity index (χ4n) is 1.02. The largest absolute Gasteiger partial charge is 0.374 e. The molecule has 58 valence electrons. The van der Waals surface area contributed by atoms with E-state index in [-0.39, 0.29) is 6.04 Å². The zero-order chi connectivity index (χ0) is 7.40. The molecule has 3 nitrogen and oxygen atoms in total. The highest BCUT2D eigenvalue weighted by molar-refractivity contribution is 5.83. The van der Waals surface area contributed by atoms with Crippen LogP contribution in [0, 0.1) is 0 Å². The van der Waals surface area contributed by atoms with Gasteiger partial charge in [-0.15, -0.1) is 0 Å². The van der Waals surface area contributed by atoms with Crippen molar-refractivity contribution in [3.63, 3.8) is 0 Å². The summed E-state index contributed by atoms with van der Waals surface area (Å²) in [5.74, 6) is 1.08. The van der Waals surface area contributed by atoms with Gasteiger partial charge in [0.2, 0.25) is 0 Å². The van der Waals surface area contributed by atoms with Crippen LogP contribution in [0.3, 0.4) is 0 Å². The van der Waals surface area contributed by atoms with E-state index in [0.717, 1.165) is 31.8 Å². The molecule has 0 aromatic heterocycles. The molecule has 0 fully saturated rings. The molecule has 0 saturated heterocycles. The fraction of sp³-hybridized carbons (Fsp3) is 0.857. The molecule has 1 aliphatic heterocycles. The second-order valence-corrected chi connectivity index (χ2v) is 2.79. The van der Waals surface area contributed by atoms with Crippen molar-refractivity contribution in [2.75, 3.05) is 13.1 Å².